The first kappa shape index (κ1) is 18.2. The molecule has 0 aliphatic rings. The average molecular weight is 308 g/mol. The average Bonchev–Trinajstić information content (AvgIpc) is 2.43. The van der Waals surface area contributed by atoms with E-state index in [9.17, 15) is 10.2 Å². The van der Waals surface area contributed by atoms with Crippen molar-refractivity contribution in [1.29, 1.82) is 0 Å². The lowest BCUT2D eigenvalue weighted by atomic mass is 9.99. The summed E-state index contributed by atoms with van der Waals surface area (Å²) in [5.74, 6) is 0.403. The number of hydrogen-bond acceptors (Lipinski definition) is 4. The summed E-state index contributed by atoms with van der Waals surface area (Å²) in [7, 11) is 1.45. The molecule has 0 aliphatic heterocycles. The number of ether oxygens (including phenoxy) is 2. The van der Waals surface area contributed by atoms with Crippen molar-refractivity contribution in [1.82, 2.24) is 0 Å². The molecule has 0 amide bonds. The lowest BCUT2D eigenvalue weighted by molar-refractivity contribution is 0.119. The van der Waals surface area contributed by atoms with Crippen molar-refractivity contribution in [3.05, 3.63) is 22.8 Å². The second kappa shape index (κ2) is 6.95. The Balaban J connectivity index is 3.46. The largest absolute Gasteiger partial charge is 0.504 e. The zero-order valence-corrected chi connectivity index (χ0v) is 14.7. The Morgan fingerprint density at radius 3 is 2.18 bits per heavy atom. The summed E-state index contributed by atoms with van der Waals surface area (Å²) < 4.78 is 11.0. The maximum Gasteiger partial charge on any atom is 0.208 e. The molecule has 0 saturated heterocycles. The van der Waals surface area contributed by atoms with Crippen LogP contribution in [0.25, 0.3) is 0 Å². The van der Waals surface area contributed by atoms with Gasteiger partial charge in [0.1, 0.15) is 5.60 Å². The highest BCUT2D eigenvalue weighted by Gasteiger charge is 2.26. The van der Waals surface area contributed by atoms with E-state index in [1.165, 1.54) is 12.7 Å². The van der Waals surface area contributed by atoms with Gasteiger partial charge in [0.15, 0.2) is 11.5 Å². The van der Waals surface area contributed by atoms with Crippen LogP contribution in [-0.2, 0) is 6.42 Å². The van der Waals surface area contributed by atoms with Crippen molar-refractivity contribution < 1.29 is 19.7 Å². The summed E-state index contributed by atoms with van der Waals surface area (Å²) >= 11 is 0. The molecule has 1 aromatic carbocycles. The van der Waals surface area contributed by atoms with Crippen LogP contribution in [-0.4, -0.2) is 22.9 Å². The van der Waals surface area contributed by atoms with Crippen LogP contribution in [0.1, 0.15) is 52.2 Å². The first-order chi connectivity index (χ1) is 10.1. The van der Waals surface area contributed by atoms with E-state index >= 15 is 0 Å². The van der Waals surface area contributed by atoms with E-state index in [1.807, 2.05) is 27.7 Å². The quantitative estimate of drug-likeness (QED) is 0.621. The Morgan fingerprint density at radius 1 is 1.14 bits per heavy atom. The van der Waals surface area contributed by atoms with Gasteiger partial charge in [-0.05, 0) is 47.5 Å². The molecular weight excluding hydrogens is 280 g/mol. The summed E-state index contributed by atoms with van der Waals surface area (Å²) in [6, 6.07) is 0. The van der Waals surface area contributed by atoms with E-state index in [0.29, 0.717) is 17.5 Å². The third-order valence-corrected chi connectivity index (χ3v) is 3.55. The zero-order valence-electron chi connectivity index (χ0n) is 14.7. The van der Waals surface area contributed by atoms with Crippen molar-refractivity contribution >= 4 is 0 Å². The molecule has 1 rings (SSSR count). The van der Waals surface area contributed by atoms with Gasteiger partial charge in [-0.3, -0.25) is 0 Å². The highest BCUT2D eigenvalue weighted by atomic mass is 16.5. The van der Waals surface area contributed by atoms with E-state index in [2.05, 4.69) is 13.0 Å². The second-order valence-corrected chi connectivity index (χ2v) is 6.49. The Hall–Kier alpha value is -1.84. The topological polar surface area (TPSA) is 58.9 Å². The van der Waals surface area contributed by atoms with Crippen LogP contribution in [0.4, 0.5) is 0 Å². The van der Waals surface area contributed by atoms with Gasteiger partial charge in [0, 0.05) is 11.1 Å². The van der Waals surface area contributed by atoms with Gasteiger partial charge in [-0.25, -0.2) is 0 Å². The molecular formula is C18H28O4. The van der Waals surface area contributed by atoms with Gasteiger partial charge in [0.2, 0.25) is 11.5 Å². The molecule has 0 atom stereocenters. The van der Waals surface area contributed by atoms with E-state index in [1.54, 1.807) is 6.92 Å². The Labute approximate surface area is 133 Å². The molecule has 4 nitrogen and oxygen atoms in total. The molecule has 1 aromatic rings. The SMILES string of the molecule is CC/C(C)=C/Cc1c(C)c(O)c(OC)c(OC(C)(C)C)c1O. The summed E-state index contributed by atoms with van der Waals surface area (Å²) in [5, 5.41) is 21.0. The molecule has 0 spiro atoms. The number of phenolic OH excluding ortho intramolecular Hbond substituents is 2. The van der Waals surface area contributed by atoms with Gasteiger partial charge in [-0.15, -0.1) is 0 Å². The Kier molecular flexibility index (Phi) is 5.75. The maximum atomic E-state index is 10.6. The Morgan fingerprint density at radius 2 is 1.73 bits per heavy atom. The lowest BCUT2D eigenvalue weighted by Crippen LogP contribution is -2.23. The van der Waals surface area contributed by atoms with E-state index < -0.39 is 5.60 Å². The van der Waals surface area contributed by atoms with Crippen molar-refractivity contribution in [3.63, 3.8) is 0 Å². The van der Waals surface area contributed by atoms with E-state index in [4.69, 9.17) is 9.47 Å². The highest BCUT2D eigenvalue weighted by Crippen LogP contribution is 2.49. The molecule has 22 heavy (non-hydrogen) atoms. The molecule has 0 saturated carbocycles. The standard InChI is InChI=1S/C18H28O4/c1-8-11(2)9-10-13-12(3)14(19)16(21-7)17(15(13)20)22-18(4,5)6/h9,19-20H,8,10H2,1-7H3/b11-9+. The molecule has 0 radical (unpaired) electrons. The fourth-order valence-electron chi connectivity index (χ4n) is 2.10. The normalized spacial score (nSPS) is 12.4. The summed E-state index contributed by atoms with van der Waals surface area (Å²) in [6.45, 7) is 11.5. The highest BCUT2D eigenvalue weighted by molar-refractivity contribution is 5.66. The fraction of sp³-hybridized carbons (Fsp3) is 0.556. The molecule has 0 aromatic heterocycles. The van der Waals surface area contributed by atoms with Crippen LogP contribution >= 0.6 is 0 Å². The van der Waals surface area contributed by atoms with Crippen molar-refractivity contribution in [2.24, 2.45) is 0 Å². The monoisotopic (exact) mass is 308 g/mol. The van der Waals surface area contributed by atoms with Crippen molar-refractivity contribution in [3.8, 4) is 23.0 Å². The maximum absolute atomic E-state index is 10.6. The van der Waals surface area contributed by atoms with Gasteiger partial charge in [0.25, 0.3) is 0 Å². The first-order valence-corrected chi connectivity index (χ1v) is 7.58. The predicted octanol–water partition coefficient (Wildman–Crippen LogP) is 4.49. The molecule has 0 heterocycles. The number of aromatic hydroxyl groups is 2. The minimum Gasteiger partial charge on any atom is -0.504 e. The summed E-state index contributed by atoms with van der Waals surface area (Å²) in [4.78, 5) is 0. The number of phenols is 2. The molecule has 4 heteroatoms. The summed E-state index contributed by atoms with van der Waals surface area (Å²) in [5.41, 5.74) is 1.98. The lowest BCUT2D eigenvalue weighted by Gasteiger charge is -2.25. The predicted molar refractivity (Wildman–Crippen MR) is 89.2 cm³/mol. The smallest absolute Gasteiger partial charge is 0.208 e. The van der Waals surface area contributed by atoms with Crippen LogP contribution in [0.2, 0.25) is 0 Å². The summed E-state index contributed by atoms with van der Waals surface area (Å²) in [6.07, 6.45) is 3.54. The molecule has 2 N–H and O–H groups in total. The zero-order chi connectivity index (χ0) is 17.1. The van der Waals surface area contributed by atoms with Gasteiger partial charge >= 0.3 is 0 Å². The van der Waals surface area contributed by atoms with Crippen LogP contribution in [0.15, 0.2) is 11.6 Å². The third-order valence-electron chi connectivity index (χ3n) is 3.55. The number of benzene rings is 1. The van der Waals surface area contributed by atoms with E-state index in [-0.39, 0.29) is 23.0 Å². The number of allylic oxidation sites excluding steroid dienone is 2. The van der Waals surface area contributed by atoms with Gasteiger partial charge in [-0.2, -0.15) is 0 Å². The van der Waals surface area contributed by atoms with Gasteiger partial charge in [0.05, 0.1) is 7.11 Å². The van der Waals surface area contributed by atoms with Crippen LogP contribution < -0.4 is 9.47 Å². The van der Waals surface area contributed by atoms with Gasteiger partial charge in [-0.1, -0.05) is 18.6 Å². The van der Waals surface area contributed by atoms with Crippen LogP contribution in [0.3, 0.4) is 0 Å². The molecule has 124 valence electrons. The second-order valence-electron chi connectivity index (χ2n) is 6.49. The molecule has 0 fully saturated rings. The van der Waals surface area contributed by atoms with Gasteiger partial charge < -0.3 is 19.7 Å². The minimum absolute atomic E-state index is 0.0112. The number of hydrogen-bond donors (Lipinski definition) is 2. The van der Waals surface area contributed by atoms with Crippen LogP contribution in [0.5, 0.6) is 23.0 Å². The number of rotatable bonds is 5. The molecule has 0 unspecified atom stereocenters. The first-order valence-electron chi connectivity index (χ1n) is 7.58. The Bertz CT molecular complexity index is 566. The molecule has 0 aliphatic carbocycles. The van der Waals surface area contributed by atoms with Crippen molar-refractivity contribution in [2.45, 2.75) is 60.0 Å². The minimum atomic E-state index is -0.515. The fourth-order valence-corrected chi connectivity index (χ4v) is 2.10. The third kappa shape index (κ3) is 4.09. The van der Waals surface area contributed by atoms with Crippen molar-refractivity contribution in [2.75, 3.05) is 7.11 Å². The van der Waals surface area contributed by atoms with E-state index in [0.717, 1.165) is 6.42 Å². The van der Waals surface area contributed by atoms with Crippen LogP contribution in [0, 0.1) is 6.92 Å². The molecule has 0 bridgehead atoms. The number of methoxy groups -OCH3 is 1.